The van der Waals surface area contributed by atoms with Gasteiger partial charge in [-0.2, -0.15) is 13.2 Å². The minimum absolute atomic E-state index is 0.313. The van der Waals surface area contributed by atoms with Gasteiger partial charge in [0.05, 0.1) is 19.8 Å². The number of nitrogens with zero attached hydrogens (tertiary/aromatic N) is 1. The van der Waals surface area contributed by atoms with Gasteiger partial charge in [-0.15, -0.1) is 0 Å². The first-order chi connectivity index (χ1) is 13.2. The SMILES string of the molecule is COC(=O)C(c1ccccc1)C(C(=O)OC)N(C)c1ccc(C(F)(F)F)cc1. The Morgan fingerprint density at radius 2 is 1.43 bits per heavy atom. The van der Waals surface area contributed by atoms with Crippen molar-refractivity contribution in [2.45, 2.75) is 18.1 Å². The number of hydrogen-bond donors (Lipinski definition) is 0. The van der Waals surface area contributed by atoms with Crippen molar-refractivity contribution in [2.24, 2.45) is 0 Å². The molecule has 0 spiro atoms. The number of methoxy groups -OCH3 is 2. The van der Waals surface area contributed by atoms with E-state index in [1.807, 2.05) is 0 Å². The first kappa shape index (κ1) is 21.3. The number of rotatable bonds is 6. The number of anilines is 1. The molecule has 2 aromatic rings. The zero-order chi connectivity index (χ0) is 20.9. The van der Waals surface area contributed by atoms with Crippen molar-refractivity contribution in [2.75, 3.05) is 26.2 Å². The summed E-state index contributed by atoms with van der Waals surface area (Å²) in [6.45, 7) is 0. The van der Waals surface area contributed by atoms with E-state index < -0.39 is 35.6 Å². The van der Waals surface area contributed by atoms with Crippen LogP contribution in [0.1, 0.15) is 17.0 Å². The Hall–Kier alpha value is -3.03. The Kier molecular flexibility index (Phi) is 6.66. The largest absolute Gasteiger partial charge is 0.468 e. The number of benzene rings is 2. The van der Waals surface area contributed by atoms with Crippen molar-refractivity contribution in [3.8, 4) is 0 Å². The zero-order valence-corrected chi connectivity index (χ0v) is 15.6. The van der Waals surface area contributed by atoms with Crippen LogP contribution in [0.25, 0.3) is 0 Å². The summed E-state index contributed by atoms with van der Waals surface area (Å²) in [5.41, 5.74) is 0.0172. The molecule has 5 nitrogen and oxygen atoms in total. The second-order valence-corrected chi connectivity index (χ2v) is 6.04. The third-order valence-corrected chi connectivity index (χ3v) is 4.39. The Bertz CT molecular complexity index is 806. The molecular weight excluding hydrogens is 375 g/mol. The summed E-state index contributed by atoms with van der Waals surface area (Å²) in [5.74, 6) is -2.42. The van der Waals surface area contributed by atoms with E-state index in [1.165, 1.54) is 38.3 Å². The van der Waals surface area contributed by atoms with Crippen LogP contribution in [0.3, 0.4) is 0 Å². The van der Waals surface area contributed by atoms with Crippen LogP contribution in [-0.2, 0) is 25.2 Å². The van der Waals surface area contributed by atoms with E-state index in [2.05, 4.69) is 0 Å². The van der Waals surface area contributed by atoms with Crippen LogP contribution in [0.5, 0.6) is 0 Å². The second kappa shape index (κ2) is 8.77. The molecule has 2 atom stereocenters. The molecule has 0 aliphatic rings. The summed E-state index contributed by atoms with van der Waals surface area (Å²) in [7, 11) is 3.88. The lowest BCUT2D eigenvalue weighted by Crippen LogP contribution is -2.47. The predicted octanol–water partition coefficient (Wildman–Crippen LogP) is 3.64. The number of halogens is 3. The minimum Gasteiger partial charge on any atom is -0.468 e. The highest BCUT2D eigenvalue weighted by molar-refractivity contribution is 5.91. The number of esters is 2. The molecule has 0 N–H and O–H groups in total. The van der Waals surface area contributed by atoms with Gasteiger partial charge in [0.25, 0.3) is 0 Å². The van der Waals surface area contributed by atoms with Gasteiger partial charge in [0.15, 0.2) is 0 Å². The molecule has 0 heterocycles. The molecule has 28 heavy (non-hydrogen) atoms. The van der Waals surface area contributed by atoms with Crippen LogP contribution in [0.2, 0.25) is 0 Å². The number of hydrogen-bond acceptors (Lipinski definition) is 5. The van der Waals surface area contributed by atoms with Crippen molar-refractivity contribution in [1.82, 2.24) is 0 Å². The highest BCUT2D eigenvalue weighted by Crippen LogP contribution is 2.33. The monoisotopic (exact) mass is 395 g/mol. The van der Waals surface area contributed by atoms with Gasteiger partial charge in [0, 0.05) is 12.7 Å². The van der Waals surface area contributed by atoms with E-state index in [1.54, 1.807) is 30.3 Å². The van der Waals surface area contributed by atoms with Crippen molar-refractivity contribution >= 4 is 17.6 Å². The molecule has 2 aromatic carbocycles. The van der Waals surface area contributed by atoms with Crippen LogP contribution in [0.4, 0.5) is 18.9 Å². The van der Waals surface area contributed by atoms with Gasteiger partial charge >= 0.3 is 18.1 Å². The quantitative estimate of drug-likeness (QED) is 0.699. The number of alkyl halides is 3. The van der Waals surface area contributed by atoms with Crippen molar-refractivity contribution < 1.29 is 32.2 Å². The average Bonchev–Trinajstić information content (AvgIpc) is 2.70. The molecule has 2 rings (SSSR count). The lowest BCUT2D eigenvalue weighted by Gasteiger charge is -2.33. The number of likely N-dealkylation sites (N-methyl/N-ethyl adjacent to an activating group) is 1. The Balaban J connectivity index is 2.48. The third-order valence-electron chi connectivity index (χ3n) is 4.39. The average molecular weight is 395 g/mol. The molecule has 150 valence electrons. The molecule has 2 unspecified atom stereocenters. The molecule has 0 amide bonds. The van der Waals surface area contributed by atoms with Crippen molar-refractivity contribution in [3.05, 3.63) is 65.7 Å². The fraction of sp³-hybridized carbons (Fsp3) is 0.300. The Morgan fingerprint density at radius 1 is 0.893 bits per heavy atom. The molecule has 0 aromatic heterocycles. The van der Waals surface area contributed by atoms with Crippen LogP contribution in [0, 0.1) is 0 Å². The maximum absolute atomic E-state index is 12.8. The molecular formula is C20H20F3NO4. The van der Waals surface area contributed by atoms with E-state index >= 15 is 0 Å². The standard InChI is InChI=1S/C20H20F3NO4/c1-24(15-11-9-14(10-12-15)20(21,22)23)17(19(26)28-3)16(18(25)27-2)13-7-5-4-6-8-13/h4-12,16-17H,1-3H3. The van der Waals surface area contributed by atoms with E-state index in [0.29, 0.717) is 11.3 Å². The third kappa shape index (κ3) is 4.62. The van der Waals surface area contributed by atoms with Crippen LogP contribution in [-0.4, -0.2) is 39.2 Å². The summed E-state index contributed by atoms with van der Waals surface area (Å²) in [6, 6.07) is 11.6. The Labute approximate surface area is 160 Å². The second-order valence-electron chi connectivity index (χ2n) is 6.04. The predicted molar refractivity (Wildman–Crippen MR) is 96.9 cm³/mol. The molecule has 0 fully saturated rings. The van der Waals surface area contributed by atoms with Crippen LogP contribution >= 0.6 is 0 Å². The molecule has 8 heteroatoms. The zero-order valence-electron chi connectivity index (χ0n) is 15.6. The van der Waals surface area contributed by atoms with Gasteiger partial charge in [-0.25, -0.2) is 4.79 Å². The molecule has 0 radical (unpaired) electrons. The summed E-state index contributed by atoms with van der Waals surface area (Å²) in [5, 5.41) is 0. The molecule has 0 saturated heterocycles. The van der Waals surface area contributed by atoms with Crippen molar-refractivity contribution in [1.29, 1.82) is 0 Å². The van der Waals surface area contributed by atoms with E-state index in [0.717, 1.165) is 12.1 Å². The molecule has 0 aliphatic carbocycles. The summed E-state index contributed by atoms with van der Waals surface area (Å²) < 4.78 is 48.2. The maximum atomic E-state index is 12.8. The molecule has 0 bridgehead atoms. The van der Waals surface area contributed by atoms with Crippen LogP contribution < -0.4 is 4.90 Å². The van der Waals surface area contributed by atoms with Gasteiger partial charge in [-0.05, 0) is 29.8 Å². The molecule has 0 saturated carbocycles. The van der Waals surface area contributed by atoms with Gasteiger partial charge in [0.1, 0.15) is 12.0 Å². The fourth-order valence-corrected chi connectivity index (χ4v) is 2.92. The van der Waals surface area contributed by atoms with Gasteiger partial charge in [0.2, 0.25) is 0 Å². The lowest BCUT2D eigenvalue weighted by atomic mass is 9.90. The first-order valence-electron chi connectivity index (χ1n) is 8.31. The van der Waals surface area contributed by atoms with Gasteiger partial charge in [-0.3, -0.25) is 4.79 Å². The molecule has 0 aliphatic heterocycles. The van der Waals surface area contributed by atoms with Gasteiger partial charge in [-0.1, -0.05) is 30.3 Å². The maximum Gasteiger partial charge on any atom is 0.416 e. The van der Waals surface area contributed by atoms with Crippen molar-refractivity contribution in [3.63, 3.8) is 0 Å². The lowest BCUT2D eigenvalue weighted by molar-refractivity contribution is -0.150. The highest BCUT2D eigenvalue weighted by atomic mass is 19.4. The minimum atomic E-state index is -4.47. The topological polar surface area (TPSA) is 55.8 Å². The Morgan fingerprint density at radius 3 is 1.89 bits per heavy atom. The highest BCUT2D eigenvalue weighted by Gasteiger charge is 2.40. The first-order valence-corrected chi connectivity index (χ1v) is 8.31. The van der Waals surface area contributed by atoms with E-state index in [-0.39, 0.29) is 0 Å². The van der Waals surface area contributed by atoms with E-state index in [4.69, 9.17) is 9.47 Å². The summed E-state index contributed by atoms with van der Waals surface area (Å²) >= 11 is 0. The summed E-state index contributed by atoms with van der Waals surface area (Å²) in [6.07, 6.45) is -4.47. The number of carbonyl (C=O) groups is 2. The summed E-state index contributed by atoms with van der Waals surface area (Å²) in [4.78, 5) is 26.4. The normalized spacial score (nSPS) is 13.4. The number of ether oxygens (including phenoxy) is 2. The van der Waals surface area contributed by atoms with E-state index in [9.17, 15) is 22.8 Å². The number of carbonyl (C=O) groups excluding carboxylic acids is 2. The van der Waals surface area contributed by atoms with Gasteiger partial charge < -0.3 is 14.4 Å². The van der Waals surface area contributed by atoms with Crippen LogP contribution in [0.15, 0.2) is 54.6 Å². The smallest absolute Gasteiger partial charge is 0.416 e. The fourth-order valence-electron chi connectivity index (χ4n) is 2.92.